The molecule has 22 heavy (non-hydrogen) atoms. The van der Waals surface area contributed by atoms with Gasteiger partial charge < -0.3 is 12.8 Å². The van der Waals surface area contributed by atoms with Gasteiger partial charge in [-0.05, 0) is 21.5 Å². The summed E-state index contributed by atoms with van der Waals surface area (Å²) in [4.78, 5) is 4.73. The Morgan fingerprint density at radius 1 is 0.955 bits per heavy atom. The van der Waals surface area contributed by atoms with Crippen molar-refractivity contribution in [3.05, 3.63) is 77.3 Å². The van der Waals surface area contributed by atoms with Crippen LogP contribution in [0.2, 0.25) is 0 Å². The van der Waals surface area contributed by atoms with Crippen LogP contribution < -0.4 is 0 Å². The fraction of sp³-hybridized carbons (Fsp3) is 0. The van der Waals surface area contributed by atoms with Gasteiger partial charge in [0.15, 0.2) is 0 Å². The van der Waals surface area contributed by atoms with Crippen LogP contribution in [0.25, 0.3) is 21.8 Å². The van der Waals surface area contributed by atoms with E-state index in [1.807, 2.05) is 30.3 Å². The Balaban J connectivity index is 0.000000775. The molecule has 3 aromatic rings. The SMILES string of the molecule is [C-]#C.[CH2-]c1ccc(-c2nc(-c3ccccc3)sc2Br)cc1.[V+2]. The minimum Gasteiger partial charge on any atom is -0.697 e. The Bertz CT molecular complexity index is 733. The van der Waals surface area contributed by atoms with Crippen molar-refractivity contribution >= 4 is 27.3 Å². The Labute approximate surface area is 155 Å². The number of thiazole rings is 1. The van der Waals surface area contributed by atoms with Gasteiger partial charge in [0.05, 0.1) is 9.48 Å². The number of benzene rings is 2. The van der Waals surface area contributed by atoms with Gasteiger partial charge in [-0.15, -0.1) is 23.5 Å². The predicted octanol–water partition coefficient (Wildman–Crippen LogP) is 5.63. The number of halogens is 1. The summed E-state index contributed by atoms with van der Waals surface area (Å²) in [6.07, 6.45) is 9.00. The summed E-state index contributed by atoms with van der Waals surface area (Å²) in [5, 5.41) is 1.03. The zero-order chi connectivity index (χ0) is 15.2. The normalized spacial score (nSPS) is 9.23. The fourth-order valence-corrected chi connectivity index (χ4v) is 3.44. The molecule has 0 aliphatic carbocycles. The van der Waals surface area contributed by atoms with Gasteiger partial charge >= 0.3 is 18.6 Å². The summed E-state index contributed by atoms with van der Waals surface area (Å²) in [5.41, 5.74) is 4.26. The zero-order valence-corrected chi connectivity index (χ0v) is 15.5. The molecule has 0 unspecified atom stereocenters. The average Bonchev–Trinajstić information content (AvgIpc) is 2.93. The van der Waals surface area contributed by atoms with Crippen LogP contribution in [0.4, 0.5) is 0 Å². The molecule has 1 heterocycles. The second kappa shape index (κ2) is 8.87. The number of nitrogens with zero attached hydrogens (tertiary/aromatic N) is 1. The molecule has 0 N–H and O–H groups in total. The smallest absolute Gasteiger partial charge is 0.697 e. The van der Waals surface area contributed by atoms with Gasteiger partial charge in [-0.25, -0.2) is 4.98 Å². The average molecular weight is 405 g/mol. The van der Waals surface area contributed by atoms with E-state index in [1.165, 1.54) is 0 Å². The van der Waals surface area contributed by atoms with Crippen molar-refractivity contribution in [3.8, 4) is 28.3 Å². The van der Waals surface area contributed by atoms with E-state index in [9.17, 15) is 0 Å². The summed E-state index contributed by atoms with van der Waals surface area (Å²) in [6, 6.07) is 18.3. The maximum atomic E-state index is 5.25. The fourth-order valence-electron chi connectivity index (χ4n) is 1.85. The number of terminal acetylenes is 1. The maximum absolute atomic E-state index is 5.25. The van der Waals surface area contributed by atoms with Crippen LogP contribution in [0, 0.1) is 19.8 Å². The molecular formula is C18H12BrNSV. The Morgan fingerprint density at radius 3 is 2.14 bits per heavy atom. The second-order valence-corrected chi connectivity index (χ2v) is 6.52. The molecular weight excluding hydrogens is 393 g/mol. The van der Waals surface area contributed by atoms with Gasteiger partial charge in [0, 0.05) is 5.56 Å². The third-order valence-corrected chi connectivity index (χ3v) is 4.59. The van der Waals surface area contributed by atoms with E-state index in [0.29, 0.717) is 0 Å². The van der Waals surface area contributed by atoms with E-state index in [4.69, 9.17) is 11.4 Å². The Hall–Kier alpha value is -1.44. The Kier molecular flexibility index (Phi) is 7.51. The number of hydrogen-bond acceptors (Lipinski definition) is 2. The summed E-state index contributed by atoms with van der Waals surface area (Å²) < 4.78 is 1.06. The van der Waals surface area contributed by atoms with Crippen molar-refractivity contribution < 1.29 is 18.6 Å². The van der Waals surface area contributed by atoms with Crippen molar-refractivity contribution in [2.45, 2.75) is 0 Å². The molecule has 1 radical (unpaired) electrons. The molecule has 0 saturated carbocycles. The molecule has 1 nitrogen and oxygen atoms in total. The topological polar surface area (TPSA) is 12.9 Å². The molecule has 1 aromatic heterocycles. The number of rotatable bonds is 2. The van der Waals surface area contributed by atoms with Gasteiger partial charge in [-0.1, -0.05) is 30.3 Å². The van der Waals surface area contributed by atoms with E-state index >= 15 is 0 Å². The second-order valence-electron chi connectivity index (χ2n) is 4.20. The standard InChI is InChI=1S/C16H11BrNS.C2H.V/c1-11-7-9-12(10-8-11)14-15(17)19-16(18-14)13-5-3-2-4-6-13;1-2;/h2-10H,1H2;1H;/q2*-1;+2. The van der Waals surface area contributed by atoms with E-state index in [1.54, 1.807) is 11.3 Å². The van der Waals surface area contributed by atoms with E-state index in [2.05, 4.69) is 53.5 Å². The molecule has 0 spiro atoms. The van der Waals surface area contributed by atoms with Crippen molar-refractivity contribution in [1.82, 2.24) is 4.98 Å². The van der Waals surface area contributed by atoms with Gasteiger partial charge in [0.1, 0.15) is 5.01 Å². The maximum Gasteiger partial charge on any atom is 2.00 e. The van der Waals surface area contributed by atoms with Crippen LogP contribution >= 0.6 is 27.3 Å². The van der Waals surface area contributed by atoms with Crippen molar-refractivity contribution in [1.29, 1.82) is 0 Å². The van der Waals surface area contributed by atoms with Gasteiger partial charge in [-0.2, -0.15) is 24.6 Å². The van der Waals surface area contributed by atoms with Crippen LogP contribution in [0.5, 0.6) is 0 Å². The monoisotopic (exact) mass is 404 g/mol. The third-order valence-electron chi connectivity index (χ3n) is 2.83. The van der Waals surface area contributed by atoms with Crippen LogP contribution in [0.3, 0.4) is 0 Å². The first-order valence-electron chi connectivity index (χ1n) is 6.17. The van der Waals surface area contributed by atoms with Crippen LogP contribution in [-0.4, -0.2) is 4.98 Å². The molecule has 3 rings (SSSR count). The molecule has 0 amide bonds. The van der Waals surface area contributed by atoms with Gasteiger partial charge in [0.2, 0.25) is 0 Å². The first-order valence-corrected chi connectivity index (χ1v) is 7.78. The first-order chi connectivity index (χ1) is 10.2. The number of aromatic nitrogens is 1. The Morgan fingerprint density at radius 2 is 1.55 bits per heavy atom. The molecule has 107 valence electrons. The molecule has 0 saturated heterocycles. The summed E-state index contributed by atoms with van der Waals surface area (Å²) in [6.45, 7) is 3.90. The van der Waals surface area contributed by atoms with Crippen LogP contribution in [-0.2, 0) is 18.6 Å². The largest absolute Gasteiger partial charge is 2.00 e. The molecule has 0 aliphatic heterocycles. The van der Waals surface area contributed by atoms with Crippen molar-refractivity contribution in [2.24, 2.45) is 0 Å². The van der Waals surface area contributed by atoms with Crippen LogP contribution in [0.15, 0.2) is 58.4 Å². The third kappa shape index (κ3) is 4.28. The van der Waals surface area contributed by atoms with Crippen LogP contribution in [0.1, 0.15) is 5.56 Å². The summed E-state index contributed by atoms with van der Waals surface area (Å²) in [7, 11) is 0. The van der Waals surface area contributed by atoms with Crippen molar-refractivity contribution in [2.75, 3.05) is 0 Å². The molecule has 2 aromatic carbocycles. The van der Waals surface area contributed by atoms with E-state index in [0.717, 1.165) is 31.2 Å². The van der Waals surface area contributed by atoms with E-state index < -0.39 is 0 Å². The molecule has 0 bridgehead atoms. The molecule has 0 fully saturated rings. The first kappa shape index (κ1) is 18.6. The van der Waals surface area contributed by atoms with Gasteiger partial charge in [0.25, 0.3) is 0 Å². The van der Waals surface area contributed by atoms with Gasteiger partial charge in [-0.3, -0.25) is 0 Å². The predicted molar refractivity (Wildman–Crippen MR) is 93.3 cm³/mol. The zero-order valence-electron chi connectivity index (χ0n) is 11.7. The summed E-state index contributed by atoms with van der Waals surface area (Å²) >= 11 is 5.27. The number of hydrogen-bond donors (Lipinski definition) is 0. The molecule has 0 aliphatic rings. The van der Waals surface area contributed by atoms with Crippen molar-refractivity contribution in [3.63, 3.8) is 0 Å². The summed E-state index contributed by atoms with van der Waals surface area (Å²) in [5.74, 6) is 0. The minimum absolute atomic E-state index is 0. The minimum atomic E-state index is 0. The van der Waals surface area contributed by atoms with E-state index in [-0.39, 0.29) is 18.6 Å². The molecule has 0 atom stereocenters. The molecule has 4 heteroatoms. The quantitative estimate of drug-likeness (QED) is 0.398.